The van der Waals surface area contributed by atoms with Crippen molar-refractivity contribution in [2.24, 2.45) is 0 Å². The van der Waals surface area contributed by atoms with Crippen molar-refractivity contribution in [1.29, 1.82) is 5.26 Å². The van der Waals surface area contributed by atoms with Crippen LogP contribution in [0.15, 0.2) is 18.2 Å². The number of fused-ring (bicyclic) bond motifs is 1. The highest BCUT2D eigenvalue weighted by Crippen LogP contribution is 2.31. The molecule has 1 heterocycles. The van der Waals surface area contributed by atoms with Gasteiger partial charge in [0.15, 0.2) is 11.6 Å². The molecule has 80 valence electrons. The third kappa shape index (κ3) is 1.55. The van der Waals surface area contributed by atoms with Gasteiger partial charge in [-0.2, -0.15) is 5.26 Å². The van der Waals surface area contributed by atoms with E-state index < -0.39 is 5.82 Å². The van der Waals surface area contributed by atoms with Crippen LogP contribution in [-0.2, 0) is 0 Å². The quantitative estimate of drug-likeness (QED) is 0.765. The predicted molar refractivity (Wildman–Crippen MR) is 58.0 cm³/mol. The second kappa shape index (κ2) is 3.95. The van der Waals surface area contributed by atoms with Crippen molar-refractivity contribution in [2.45, 2.75) is 0 Å². The Morgan fingerprint density at radius 2 is 2.25 bits per heavy atom. The Labute approximate surface area is 96.0 Å². The molecule has 2 rings (SSSR count). The van der Waals surface area contributed by atoms with E-state index in [4.69, 9.17) is 21.6 Å². The van der Waals surface area contributed by atoms with Crippen molar-refractivity contribution in [3.05, 3.63) is 34.7 Å². The molecule has 3 nitrogen and oxygen atoms in total. The maximum Gasteiger partial charge on any atom is 0.180 e. The summed E-state index contributed by atoms with van der Waals surface area (Å²) in [4.78, 5) is 3.98. The number of pyridine rings is 1. The van der Waals surface area contributed by atoms with Gasteiger partial charge in [0.1, 0.15) is 17.3 Å². The van der Waals surface area contributed by atoms with Crippen LogP contribution in [0.25, 0.3) is 10.9 Å². The summed E-state index contributed by atoms with van der Waals surface area (Å²) in [6, 6.07) is 6.04. The Balaban J connectivity index is 2.91. The predicted octanol–water partition coefficient (Wildman–Crippen LogP) is 2.91. The lowest BCUT2D eigenvalue weighted by Gasteiger charge is -2.07. The van der Waals surface area contributed by atoms with Gasteiger partial charge in [-0.15, -0.1) is 0 Å². The second-order valence-corrected chi connectivity index (χ2v) is 3.49. The number of aromatic nitrogens is 1. The van der Waals surface area contributed by atoms with Crippen LogP contribution in [0.2, 0.25) is 5.02 Å². The molecule has 5 heteroatoms. The van der Waals surface area contributed by atoms with Gasteiger partial charge in [0, 0.05) is 5.39 Å². The summed E-state index contributed by atoms with van der Waals surface area (Å²) in [6.45, 7) is 0. The van der Waals surface area contributed by atoms with Gasteiger partial charge in [0.05, 0.1) is 12.1 Å². The van der Waals surface area contributed by atoms with Crippen LogP contribution in [0, 0.1) is 17.1 Å². The van der Waals surface area contributed by atoms with Crippen LogP contribution in [0.3, 0.4) is 0 Å². The van der Waals surface area contributed by atoms with Crippen LogP contribution >= 0.6 is 11.6 Å². The van der Waals surface area contributed by atoms with Crippen molar-refractivity contribution < 1.29 is 9.13 Å². The molecule has 16 heavy (non-hydrogen) atoms. The van der Waals surface area contributed by atoms with Crippen molar-refractivity contribution in [3.8, 4) is 11.8 Å². The van der Waals surface area contributed by atoms with Gasteiger partial charge in [-0.3, -0.25) is 0 Å². The molecule has 0 saturated carbocycles. The maximum absolute atomic E-state index is 13.4. The topological polar surface area (TPSA) is 45.9 Å². The minimum Gasteiger partial charge on any atom is -0.491 e. The summed E-state index contributed by atoms with van der Waals surface area (Å²) in [5.74, 6) is -0.537. The van der Waals surface area contributed by atoms with Gasteiger partial charge in [-0.05, 0) is 18.2 Å². The molecule has 1 aromatic heterocycles. The van der Waals surface area contributed by atoms with Gasteiger partial charge in [-0.1, -0.05) is 11.6 Å². The number of ether oxygens (including phenoxy) is 1. The number of nitriles is 1. The van der Waals surface area contributed by atoms with Crippen molar-refractivity contribution in [3.63, 3.8) is 0 Å². The molecular weight excluding hydrogens is 231 g/mol. The van der Waals surface area contributed by atoms with Crippen molar-refractivity contribution in [2.75, 3.05) is 7.11 Å². The van der Waals surface area contributed by atoms with Gasteiger partial charge >= 0.3 is 0 Å². The number of hydrogen-bond acceptors (Lipinski definition) is 3. The summed E-state index contributed by atoms with van der Waals surface area (Å²) in [7, 11) is 1.34. The first kappa shape index (κ1) is 10.7. The monoisotopic (exact) mass is 236 g/mol. The molecule has 0 aliphatic heterocycles. The van der Waals surface area contributed by atoms with Gasteiger partial charge in [0.25, 0.3) is 0 Å². The molecule has 0 saturated heterocycles. The summed E-state index contributed by atoms with van der Waals surface area (Å²) in [5.41, 5.74) is 0.382. The van der Waals surface area contributed by atoms with E-state index in [9.17, 15) is 4.39 Å². The standard InChI is InChI=1S/C11H6ClFN2O/c1-16-11-9(13)3-2-7-8(12)4-6(5-14)15-10(7)11/h2-4H,1H3. The van der Waals surface area contributed by atoms with Crippen LogP contribution in [-0.4, -0.2) is 12.1 Å². The Morgan fingerprint density at radius 3 is 2.88 bits per heavy atom. The molecule has 0 radical (unpaired) electrons. The molecule has 0 N–H and O–H groups in total. The molecule has 0 aliphatic rings. The molecule has 2 aromatic rings. The minimum absolute atomic E-state index is 0.00324. The maximum atomic E-state index is 13.4. The highest BCUT2D eigenvalue weighted by atomic mass is 35.5. The molecule has 0 bridgehead atoms. The fraction of sp³-hybridized carbons (Fsp3) is 0.0909. The lowest BCUT2D eigenvalue weighted by atomic mass is 10.2. The van der Waals surface area contributed by atoms with Gasteiger partial charge in [0.2, 0.25) is 0 Å². The fourth-order valence-electron chi connectivity index (χ4n) is 1.45. The van der Waals surface area contributed by atoms with Crippen molar-refractivity contribution >= 4 is 22.5 Å². The lowest BCUT2D eigenvalue weighted by Crippen LogP contribution is -1.94. The zero-order valence-corrected chi connectivity index (χ0v) is 9.05. The number of halogens is 2. The SMILES string of the molecule is COc1c(F)ccc2c(Cl)cc(C#N)nc12. The molecule has 0 fully saturated rings. The Bertz CT molecular complexity index is 607. The van der Waals surface area contributed by atoms with Gasteiger partial charge < -0.3 is 4.74 Å². The summed E-state index contributed by atoms with van der Waals surface area (Å²) in [5, 5.41) is 9.65. The molecule has 0 amide bonds. The van der Waals surface area contributed by atoms with Crippen LogP contribution in [0.4, 0.5) is 4.39 Å². The van der Waals surface area contributed by atoms with E-state index in [-0.39, 0.29) is 17.0 Å². The van der Waals surface area contributed by atoms with Gasteiger partial charge in [-0.25, -0.2) is 9.37 Å². The highest BCUT2D eigenvalue weighted by Gasteiger charge is 2.12. The van der Waals surface area contributed by atoms with E-state index in [0.29, 0.717) is 10.4 Å². The molecule has 0 aliphatic carbocycles. The molecule has 1 aromatic carbocycles. The van der Waals surface area contributed by atoms with E-state index in [1.165, 1.54) is 25.3 Å². The molecular formula is C11H6ClFN2O. The summed E-state index contributed by atoms with van der Waals surface area (Å²) < 4.78 is 18.3. The number of nitrogens with zero attached hydrogens (tertiary/aromatic N) is 2. The fourth-order valence-corrected chi connectivity index (χ4v) is 1.71. The molecule has 0 spiro atoms. The van der Waals surface area contributed by atoms with E-state index in [2.05, 4.69) is 4.98 Å². The first-order chi connectivity index (χ1) is 7.67. The number of benzene rings is 1. The van der Waals surface area contributed by atoms with Crippen LogP contribution in [0.5, 0.6) is 5.75 Å². The normalized spacial score (nSPS) is 10.1. The second-order valence-electron chi connectivity index (χ2n) is 3.08. The summed E-state index contributed by atoms with van der Waals surface area (Å²) in [6.07, 6.45) is 0. The third-order valence-corrected chi connectivity index (χ3v) is 2.47. The Hall–Kier alpha value is -1.86. The van der Waals surface area contributed by atoms with Crippen molar-refractivity contribution in [1.82, 2.24) is 4.98 Å². The number of methoxy groups -OCH3 is 1. The molecule has 0 atom stereocenters. The number of hydrogen-bond donors (Lipinski definition) is 0. The van der Waals surface area contributed by atoms with E-state index >= 15 is 0 Å². The van der Waals surface area contributed by atoms with Crippen LogP contribution in [0.1, 0.15) is 5.69 Å². The Kier molecular flexibility index (Phi) is 2.63. The minimum atomic E-state index is -0.534. The first-order valence-corrected chi connectivity index (χ1v) is 4.78. The molecule has 0 unspecified atom stereocenters. The summed E-state index contributed by atoms with van der Waals surface area (Å²) >= 11 is 5.95. The third-order valence-electron chi connectivity index (χ3n) is 2.16. The largest absolute Gasteiger partial charge is 0.491 e. The lowest BCUT2D eigenvalue weighted by molar-refractivity contribution is 0.391. The highest BCUT2D eigenvalue weighted by molar-refractivity contribution is 6.35. The zero-order chi connectivity index (χ0) is 11.7. The first-order valence-electron chi connectivity index (χ1n) is 4.40. The van der Waals surface area contributed by atoms with E-state index in [0.717, 1.165) is 0 Å². The smallest absolute Gasteiger partial charge is 0.180 e. The average Bonchev–Trinajstić information content (AvgIpc) is 2.28. The Morgan fingerprint density at radius 1 is 1.50 bits per heavy atom. The van der Waals surface area contributed by atoms with Crippen LogP contribution < -0.4 is 4.74 Å². The van der Waals surface area contributed by atoms with E-state index in [1.807, 2.05) is 6.07 Å². The van der Waals surface area contributed by atoms with E-state index in [1.54, 1.807) is 0 Å². The zero-order valence-electron chi connectivity index (χ0n) is 8.29. The average molecular weight is 237 g/mol. The number of rotatable bonds is 1.